The van der Waals surface area contributed by atoms with Gasteiger partial charge in [0.05, 0.1) is 0 Å². The van der Waals surface area contributed by atoms with Gasteiger partial charge in [-0.2, -0.15) is 4.98 Å². The summed E-state index contributed by atoms with van der Waals surface area (Å²) in [7, 11) is 0. The van der Waals surface area contributed by atoms with Crippen LogP contribution in [0.1, 0.15) is 31.2 Å². The zero-order valence-corrected chi connectivity index (χ0v) is 14.1. The second-order valence-corrected chi connectivity index (χ2v) is 5.67. The van der Waals surface area contributed by atoms with Gasteiger partial charge in [0.25, 0.3) is 0 Å². The minimum atomic E-state index is -0.00658. The van der Waals surface area contributed by atoms with E-state index < -0.39 is 0 Å². The number of nitrogens with zero attached hydrogens (tertiary/aromatic N) is 3. The van der Waals surface area contributed by atoms with Crippen LogP contribution in [0.5, 0.6) is 0 Å². The zero-order valence-electron chi connectivity index (χ0n) is 14.1. The third-order valence-electron chi connectivity index (χ3n) is 3.85. The van der Waals surface area contributed by atoms with Crippen LogP contribution in [0, 0.1) is 0 Å². The first-order chi connectivity index (χ1) is 12.3. The first-order valence-electron chi connectivity index (χ1n) is 8.37. The molecule has 1 aromatic carbocycles. The van der Waals surface area contributed by atoms with Gasteiger partial charge in [-0.05, 0) is 36.6 Å². The average Bonchev–Trinajstić information content (AvgIpc) is 3.12. The van der Waals surface area contributed by atoms with E-state index in [1.807, 2.05) is 36.4 Å². The van der Waals surface area contributed by atoms with Crippen LogP contribution in [-0.2, 0) is 17.6 Å². The fraction of sp³-hybridized carbons (Fsp3) is 0.263. The number of carbonyl (C=O) groups is 1. The molecule has 3 rings (SSSR count). The number of nitrogens with one attached hydrogen (secondary N) is 1. The standard InChI is InChI=1S/C19H20N4O2/c1-2-14-7-3-4-9-16(14)21-17(24)10-5-11-18-22-19(23-25-18)15-8-6-12-20-13-15/h3-4,6-9,12-13H,2,5,10-11H2,1H3,(H,21,24). The Balaban J connectivity index is 1.50. The number of aromatic nitrogens is 3. The Bertz CT molecular complexity index is 830. The van der Waals surface area contributed by atoms with E-state index in [1.165, 1.54) is 0 Å². The van der Waals surface area contributed by atoms with Crippen molar-refractivity contribution < 1.29 is 9.32 Å². The Morgan fingerprint density at radius 2 is 2.08 bits per heavy atom. The lowest BCUT2D eigenvalue weighted by atomic mass is 10.1. The molecule has 0 aliphatic carbocycles. The van der Waals surface area contributed by atoms with Gasteiger partial charge in [-0.1, -0.05) is 30.3 Å². The summed E-state index contributed by atoms with van der Waals surface area (Å²) in [5.41, 5.74) is 2.83. The van der Waals surface area contributed by atoms with Crippen molar-refractivity contribution in [2.24, 2.45) is 0 Å². The van der Waals surface area contributed by atoms with Gasteiger partial charge in [0.1, 0.15) is 0 Å². The summed E-state index contributed by atoms with van der Waals surface area (Å²) >= 11 is 0. The highest BCUT2D eigenvalue weighted by atomic mass is 16.5. The van der Waals surface area contributed by atoms with Crippen molar-refractivity contribution in [2.75, 3.05) is 5.32 Å². The average molecular weight is 336 g/mol. The third kappa shape index (κ3) is 4.50. The van der Waals surface area contributed by atoms with E-state index in [2.05, 4.69) is 27.4 Å². The molecular weight excluding hydrogens is 316 g/mol. The number of benzene rings is 1. The van der Waals surface area contributed by atoms with Crippen LogP contribution in [0.15, 0.2) is 53.3 Å². The maximum Gasteiger partial charge on any atom is 0.226 e. The minimum Gasteiger partial charge on any atom is -0.339 e. The first kappa shape index (κ1) is 16.8. The Morgan fingerprint density at radius 3 is 2.88 bits per heavy atom. The van der Waals surface area contributed by atoms with Crippen molar-refractivity contribution >= 4 is 11.6 Å². The molecule has 2 heterocycles. The highest BCUT2D eigenvalue weighted by Crippen LogP contribution is 2.17. The summed E-state index contributed by atoms with van der Waals surface area (Å²) in [6.45, 7) is 2.07. The lowest BCUT2D eigenvalue weighted by Gasteiger charge is -2.09. The van der Waals surface area contributed by atoms with Crippen molar-refractivity contribution in [3.05, 3.63) is 60.2 Å². The van der Waals surface area contributed by atoms with Gasteiger partial charge in [0, 0.05) is 36.5 Å². The number of hydrogen-bond donors (Lipinski definition) is 1. The van der Waals surface area contributed by atoms with Crippen molar-refractivity contribution in [3.63, 3.8) is 0 Å². The Morgan fingerprint density at radius 1 is 1.20 bits per heavy atom. The van der Waals surface area contributed by atoms with E-state index in [1.54, 1.807) is 12.4 Å². The van der Waals surface area contributed by atoms with Crippen LogP contribution in [0.4, 0.5) is 5.69 Å². The first-order valence-corrected chi connectivity index (χ1v) is 8.37. The van der Waals surface area contributed by atoms with Crippen LogP contribution in [-0.4, -0.2) is 21.0 Å². The van der Waals surface area contributed by atoms with E-state index in [0.29, 0.717) is 31.0 Å². The topological polar surface area (TPSA) is 80.9 Å². The Kier molecular flexibility index (Phi) is 5.51. The summed E-state index contributed by atoms with van der Waals surface area (Å²) < 4.78 is 5.24. The Hall–Kier alpha value is -3.02. The summed E-state index contributed by atoms with van der Waals surface area (Å²) in [4.78, 5) is 20.5. The fourth-order valence-electron chi connectivity index (χ4n) is 2.53. The lowest BCUT2D eigenvalue weighted by Crippen LogP contribution is -2.12. The predicted octanol–water partition coefficient (Wildman–Crippen LogP) is 3.66. The second kappa shape index (κ2) is 8.19. The minimum absolute atomic E-state index is 0.00658. The Labute approximate surface area is 146 Å². The van der Waals surface area contributed by atoms with Crippen molar-refractivity contribution in [3.8, 4) is 11.4 Å². The fourth-order valence-corrected chi connectivity index (χ4v) is 2.53. The van der Waals surface area contributed by atoms with Gasteiger partial charge in [0.2, 0.25) is 17.6 Å². The van der Waals surface area contributed by atoms with E-state index in [-0.39, 0.29) is 5.91 Å². The quantitative estimate of drug-likeness (QED) is 0.712. The van der Waals surface area contributed by atoms with Crippen LogP contribution in [0.3, 0.4) is 0 Å². The van der Waals surface area contributed by atoms with Crippen LogP contribution in [0.25, 0.3) is 11.4 Å². The van der Waals surface area contributed by atoms with Gasteiger partial charge in [-0.15, -0.1) is 0 Å². The molecule has 0 atom stereocenters. The SMILES string of the molecule is CCc1ccccc1NC(=O)CCCc1nc(-c2cccnc2)no1. The normalized spacial score (nSPS) is 10.6. The monoisotopic (exact) mass is 336 g/mol. The number of aryl methyl sites for hydroxylation is 2. The molecule has 0 aliphatic heterocycles. The molecule has 0 fully saturated rings. The molecule has 1 N–H and O–H groups in total. The van der Waals surface area contributed by atoms with Crippen molar-refractivity contribution in [1.82, 2.24) is 15.1 Å². The molecule has 6 heteroatoms. The molecule has 0 saturated heterocycles. The van der Waals surface area contributed by atoms with Crippen molar-refractivity contribution in [1.29, 1.82) is 0 Å². The molecule has 1 amide bonds. The molecule has 0 saturated carbocycles. The van der Waals surface area contributed by atoms with Gasteiger partial charge in [-0.3, -0.25) is 9.78 Å². The lowest BCUT2D eigenvalue weighted by molar-refractivity contribution is -0.116. The van der Waals surface area contributed by atoms with Gasteiger partial charge < -0.3 is 9.84 Å². The van der Waals surface area contributed by atoms with E-state index in [4.69, 9.17) is 4.52 Å². The molecule has 128 valence electrons. The third-order valence-corrected chi connectivity index (χ3v) is 3.85. The predicted molar refractivity (Wildman–Crippen MR) is 94.9 cm³/mol. The molecule has 0 spiro atoms. The van der Waals surface area contributed by atoms with Gasteiger partial charge in [-0.25, -0.2) is 0 Å². The summed E-state index contributed by atoms with van der Waals surface area (Å²) in [6, 6.07) is 11.5. The number of para-hydroxylation sites is 1. The number of hydrogen-bond acceptors (Lipinski definition) is 5. The van der Waals surface area contributed by atoms with E-state index >= 15 is 0 Å². The number of anilines is 1. The molecule has 0 radical (unpaired) electrons. The summed E-state index contributed by atoms with van der Waals surface area (Å²) in [6.07, 6.45) is 5.89. The maximum absolute atomic E-state index is 12.1. The number of amides is 1. The molecular formula is C19H20N4O2. The molecule has 0 aliphatic rings. The number of rotatable bonds is 7. The van der Waals surface area contributed by atoms with Crippen molar-refractivity contribution in [2.45, 2.75) is 32.6 Å². The molecule has 25 heavy (non-hydrogen) atoms. The maximum atomic E-state index is 12.1. The smallest absolute Gasteiger partial charge is 0.226 e. The highest BCUT2D eigenvalue weighted by Gasteiger charge is 2.10. The molecule has 0 unspecified atom stereocenters. The van der Waals surface area contributed by atoms with Crippen LogP contribution >= 0.6 is 0 Å². The molecule has 0 bridgehead atoms. The van der Waals surface area contributed by atoms with Crippen LogP contribution < -0.4 is 5.32 Å². The molecule has 6 nitrogen and oxygen atoms in total. The van der Waals surface area contributed by atoms with Gasteiger partial charge >= 0.3 is 0 Å². The van der Waals surface area contributed by atoms with E-state index in [0.717, 1.165) is 23.2 Å². The van der Waals surface area contributed by atoms with Crippen LogP contribution in [0.2, 0.25) is 0 Å². The molecule has 2 aromatic heterocycles. The molecule has 3 aromatic rings. The number of carbonyl (C=O) groups excluding carboxylic acids is 1. The van der Waals surface area contributed by atoms with Gasteiger partial charge in [0.15, 0.2) is 0 Å². The number of pyridine rings is 1. The summed E-state index contributed by atoms with van der Waals surface area (Å²) in [5, 5.41) is 6.91. The van der Waals surface area contributed by atoms with E-state index in [9.17, 15) is 4.79 Å². The zero-order chi connectivity index (χ0) is 17.5. The second-order valence-electron chi connectivity index (χ2n) is 5.67. The largest absolute Gasteiger partial charge is 0.339 e. The summed E-state index contributed by atoms with van der Waals surface area (Å²) in [5.74, 6) is 1.04. The highest BCUT2D eigenvalue weighted by molar-refractivity contribution is 5.91.